The Balaban J connectivity index is 1.56. The predicted molar refractivity (Wildman–Crippen MR) is 133 cm³/mol. The number of anilines is 2. The van der Waals surface area contributed by atoms with Crippen molar-refractivity contribution in [3.8, 4) is 28.8 Å². The Bertz CT molecular complexity index is 1630. The van der Waals surface area contributed by atoms with Gasteiger partial charge in [0.15, 0.2) is 11.5 Å². The van der Waals surface area contributed by atoms with Crippen LogP contribution in [-0.4, -0.2) is 32.2 Å². The molecule has 1 N–H and O–H groups in total. The molecule has 2 aromatic carbocycles. The molecule has 0 aliphatic rings. The third-order valence-corrected chi connectivity index (χ3v) is 5.38. The first kappa shape index (κ1) is 23.4. The van der Waals surface area contributed by atoms with Gasteiger partial charge in [0.2, 0.25) is 0 Å². The molecule has 182 valence electrons. The fourth-order valence-electron chi connectivity index (χ4n) is 3.73. The molecule has 3 heterocycles. The molecular formula is C27H19FN6O3. The maximum atomic E-state index is 14.9. The summed E-state index contributed by atoms with van der Waals surface area (Å²) in [5.41, 5.74) is 1.19. The molecule has 0 spiro atoms. The van der Waals surface area contributed by atoms with E-state index >= 15 is 0 Å². The molecule has 0 unspecified atom stereocenters. The maximum Gasteiger partial charge on any atom is 0.341 e. The van der Waals surface area contributed by atoms with Crippen LogP contribution in [0.25, 0.3) is 16.9 Å². The fraction of sp³-hybridized carbons (Fsp3) is 0.0741. The molecule has 9 nitrogen and oxygen atoms in total. The van der Waals surface area contributed by atoms with Gasteiger partial charge in [-0.2, -0.15) is 5.26 Å². The van der Waals surface area contributed by atoms with Crippen molar-refractivity contribution in [3.63, 3.8) is 0 Å². The minimum atomic E-state index is -0.677. The van der Waals surface area contributed by atoms with E-state index in [1.165, 1.54) is 22.8 Å². The van der Waals surface area contributed by atoms with Gasteiger partial charge in [0.05, 0.1) is 12.3 Å². The number of rotatable bonds is 7. The number of esters is 1. The number of carbonyl (C=O) groups is 1. The van der Waals surface area contributed by atoms with Gasteiger partial charge in [-0.05, 0) is 55.5 Å². The molecule has 3 aromatic heterocycles. The van der Waals surface area contributed by atoms with Gasteiger partial charge in [0.25, 0.3) is 0 Å². The van der Waals surface area contributed by atoms with E-state index in [2.05, 4.69) is 26.5 Å². The molecule has 0 radical (unpaired) electrons. The monoisotopic (exact) mass is 494 g/mol. The average Bonchev–Trinajstić information content (AvgIpc) is 3.27. The Morgan fingerprint density at radius 2 is 1.81 bits per heavy atom. The number of hydrogen-bond acceptors (Lipinski definition) is 8. The first-order valence-corrected chi connectivity index (χ1v) is 11.3. The van der Waals surface area contributed by atoms with Gasteiger partial charge in [-0.25, -0.2) is 18.7 Å². The van der Waals surface area contributed by atoms with Crippen LogP contribution in [0, 0.1) is 17.1 Å². The number of nitrogens with zero attached hydrogens (tertiary/aromatic N) is 5. The highest BCUT2D eigenvalue weighted by Gasteiger charge is 2.25. The van der Waals surface area contributed by atoms with Crippen LogP contribution in [-0.2, 0) is 4.74 Å². The van der Waals surface area contributed by atoms with E-state index in [0.717, 1.165) is 0 Å². The summed E-state index contributed by atoms with van der Waals surface area (Å²) < 4.78 is 27.1. The first-order valence-electron chi connectivity index (χ1n) is 11.3. The van der Waals surface area contributed by atoms with E-state index in [9.17, 15) is 14.4 Å². The van der Waals surface area contributed by atoms with Crippen LogP contribution in [0.5, 0.6) is 11.5 Å². The Hall–Kier alpha value is -5.30. The highest BCUT2D eigenvalue weighted by atomic mass is 19.1. The largest absolute Gasteiger partial charge is 0.462 e. The summed E-state index contributed by atoms with van der Waals surface area (Å²) in [6.07, 6.45) is 4.54. The second kappa shape index (κ2) is 10.1. The zero-order chi connectivity index (χ0) is 25.8. The summed E-state index contributed by atoms with van der Waals surface area (Å²) >= 11 is 0. The lowest BCUT2D eigenvalue weighted by atomic mass is 10.1. The smallest absolute Gasteiger partial charge is 0.341 e. The second-order valence-corrected chi connectivity index (χ2v) is 7.73. The van der Waals surface area contributed by atoms with Gasteiger partial charge in [-0.15, -0.1) is 5.10 Å². The number of hydrogen-bond donors (Lipinski definition) is 1. The summed E-state index contributed by atoms with van der Waals surface area (Å²) in [5, 5.41) is 17.5. The molecule has 0 amide bonds. The first-order chi connectivity index (χ1) is 18.1. The Morgan fingerprint density at radius 1 is 1.08 bits per heavy atom. The lowest BCUT2D eigenvalue weighted by Gasteiger charge is -2.11. The minimum absolute atomic E-state index is 0.0237. The summed E-state index contributed by atoms with van der Waals surface area (Å²) in [5.74, 6) is 0.204. The lowest BCUT2D eigenvalue weighted by Crippen LogP contribution is -2.11. The summed E-state index contributed by atoms with van der Waals surface area (Å²) in [4.78, 5) is 20.9. The summed E-state index contributed by atoms with van der Waals surface area (Å²) in [6, 6.07) is 18.6. The van der Waals surface area contributed by atoms with Crippen LogP contribution in [0.3, 0.4) is 0 Å². The predicted octanol–water partition coefficient (Wildman–Crippen LogP) is 5.51. The van der Waals surface area contributed by atoms with Gasteiger partial charge in [-0.3, -0.25) is 4.98 Å². The number of benzene rings is 2. The van der Waals surface area contributed by atoms with E-state index in [1.54, 1.807) is 67.8 Å². The van der Waals surface area contributed by atoms with E-state index < -0.39 is 11.8 Å². The molecule has 5 rings (SSSR count). The van der Waals surface area contributed by atoms with E-state index in [4.69, 9.17) is 9.47 Å². The Kier molecular flexibility index (Phi) is 6.42. The third kappa shape index (κ3) is 4.66. The second-order valence-electron chi connectivity index (χ2n) is 7.73. The van der Waals surface area contributed by atoms with Crippen molar-refractivity contribution >= 4 is 23.1 Å². The molecule has 37 heavy (non-hydrogen) atoms. The summed E-state index contributed by atoms with van der Waals surface area (Å²) in [7, 11) is 0. The van der Waals surface area contributed by atoms with E-state index in [-0.39, 0.29) is 40.5 Å². The number of ether oxygens (including phenoxy) is 2. The quantitative estimate of drug-likeness (QED) is 0.294. The molecule has 0 bridgehead atoms. The molecule has 0 aliphatic carbocycles. The van der Waals surface area contributed by atoms with Crippen molar-refractivity contribution in [2.45, 2.75) is 6.92 Å². The van der Waals surface area contributed by atoms with Crippen molar-refractivity contribution in [2.24, 2.45) is 0 Å². The van der Waals surface area contributed by atoms with Crippen molar-refractivity contribution in [2.75, 3.05) is 11.9 Å². The Labute approximate surface area is 210 Å². The maximum absolute atomic E-state index is 14.9. The summed E-state index contributed by atoms with van der Waals surface area (Å²) in [6.45, 7) is 1.80. The van der Waals surface area contributed by atoms with Gasteiger partial charge < -0.3 is 14.8 Å². The number of carbonyl (C=O) groups excluding carboxylic acids is 1. The number of halogens is 1. The molecule has 0 atom stereocenters. The standard InChI is InChI=1S/C27H19FN6O3/c1-2-36-27(35)22-16-31-26-21(15-29)25(33-34(26)24(22)20-5-3-4-6-23(20)28)32-17-7-9-18(10-8-17)37-19-11-13-30-14-12-19/h3-14,16H,2H2,1H3,(H,32,33). The molecule has 0 saturated carbocycles. The molecule has 5 aromatic rings. The topological polar surface area (TPSA) is 114 Å². The number of pyridine rings is 1. The van der Waals surface area contributed by atoms with Gasteiger partial charge >= 0.3 is 5.97 Å². The minimum Gasteiger partial charge on any atom is -0.462 e. The SMILES string of the molecule is CCOC(=O)c1cnc2c(C#N)c(Nc3ccc(Oc4ccncc4)cc3)nn2c1-c1ccccc1F. The van der Waals surface area contributed by atoms with Crippen LogP contribution in [0.4, 0.5) is 15.9 Å². The van der Waals surface area contributed by atoms with E-state index in [1.807, 2.05) is 0 Å². The average molecular weight is 494 g/mol. The third-order valence-electron chi connectivity index (χ3n) is 5.38. The van der Waals surface area contributed by atoms with Crippen molar-refractivity contribution in [1.82, 2.24) is 19.6 Å². The van der Waals surface area contributed by atoms with Crippen LogP contribution in [0.15, 0.2) is 79.3 Å². The highest BCUT2D eigenvalue weighted by molar-refractivity contribution is 5.97. The fourth-order valence-corrected chi connectivity index (χ4v) is 3.73. The van der Waals surface area contributed by atoms with Crippen molar-refractivity contribution < 1.29 is 18.7 Å². The number of nitrogens with one attached hydrogen (secondary N) is 1. The van der Waals surface area contributed by atoms with Gasteiger partial charge in [0.1, 0.15) is 34.5 Å². The molecular weight excluding hydrogens is 475 g/mol. The number of aromatic nitrogens is 4. The van der Waals surface area contributed by atoms with Crippen LogP contribution >= 0.6 is 0 Å². The van der Waals surface area contributed by atoms with E-state index in [0.29, 0.717) is 17.2 Å². The van der Waals surface area contributed by atoms with Crippen molar-refractivity contribution in [1.29, 1.82) is 5.26 Å². The normalized spacial score (nSPS) is 10.6. The lowest BCUT2D eigenvalue weighted by molar-refractivity contribution is 0.0526. The van der Waals surface area contributed by atoms with Crippen molar-refractivity contribution in [3.05, 3.63) is 96.2 Å². The zero-order valence-electron chi connectivity index (χ0n) is 19.6. The molecule has 0 fully saturated rings. The van der Waals surface area contributed by atoms with Crippen LogP contribution in [0.1, 0.15) is 22.8 Å². The molecule has 10 heteroatoms. The van der Waals surface area contributed by atoms with Gasteiger partial charge in [0, 0.05) is 29.8 Å². The number of nitriles is 1. The zero-order valence-corrected chi connectivity index (χ0v) is 19.6. The number of fused-ring (bicyclic) bond motifs is 1. The van der Waals surface area contributed by atoms with Crippen LogP contribution in [0.2, 0.25) is 0 Å². The Morgan fingerprint density at radius 3 is 2.51 bits per heavy atom. The highest BCUT2D eigenvalue weighted by Crippen LogP contribution is 2.31. The van der Waals surface area contributed by atoms with Gasteiger partial charge in [-0.1, -0.05) is 12.1 Å². The molecule has 0 aliphatic heterocycles. The van der Waals surface area contributed by atoms with Crippen LogP contribution < -0.4 is 10.1 Å². The molecule has 0 saturated heterocycles.